The first-order chi connectivity index (χ1) is 13.7. The van der Waals surface area contributed by atoms with E-state index in [0.717, 1.165) is 5.56 Å². The SMILES string of the molecule is CC1=C(C(=O)Nc2cc(Cl)ccc2C)[C@H](c2ccc(Cl)c([N+](=O)[O-])c2)NC(=O)N1. The van der Waals surface area contributed by atoms with Gasteiger partial charge in [-0.15, -0.1) is 0 Å². The highest BCUT2D eigenvalue weighted by Gasteiger charge is 2.32. The van der Waals surface area contributed by atoms with Crippen LogP contribution in [0.4, 0.5) is 16.2 Å². The van der Waals surface area contributed by atoms with E-state index in [4.69, 9.17) is 23.2 Å². The van der Waals surface area contributed by atoms with Crippen LogP contribution in [0.25, 0.3) is 0 Å². The number of amides is 3. The maximum Gasteiger partial charge on any atom is 0.319 e. The lowest BCUT2D eigenvalue weighted by molar-refractivity contribution is -0.384. The van der Waals surface area contributed by atoms with Gasteiger partial charge in [0.2, 0.25) is 0 Å². The van der Waals surface area contributed by atoms with Crippen LogP contribution in [0.1, 0.15) is 24.1 Å². The van der Waals surface area contributed by atoms with E-state index in [-0.39, 0.29) is 16.3 Å². The number of carbonyl (C=O) groups is 2. The van der Waals surface area contributed by atoms with Crippen molar-refractivity contribution in [2.45, 2.75) is 19.9 Å². The predicted molar refractivity (Wildman–Crippen MR) is 110 cm³/mol. The smallest absolute Gasteiger partial charge is 0.319 e. The number of allylic oxidation sites excluding steroid dienone is 1. The molecule has 0 unspecified atom stereocenters. The monoisotopic (exact) mass is 434 g/mol. The van der Waals surface area contributed by atoms with Gasteiger partial charge in [-0.1, -0.05) is 35.3 Å². The van der Waals surface area contributed by atoms with Gasteiger partial charge >= 0.3 is 6.03 Å². The van der Waals surface area contributed by atoms with Gasteiger partial charge in [-0.05, 0) is 43.2 Å². The van der Waals surface area contributed by atoms with Gasteiger partial charge in [-0.2, -0.15) is 0 Å². The minimum atomic E-state index is -0.904. The number of nitrogens with one attached hydrogen (secondary N) is 3. The first-order valence-electron chi connectivity index (χ1n) is 8.47. The fourth-order valence-electron chi connectivity index (χ4n) is 3.01. The number of nitrogens with zero attached hydrogens (tertiary/aromatic N) is 1. The number of benzene rings is 2. The number of aryl methyl sites for hydroxylation is 1. The minimum absolute atomic E-state index is 0.0414. The molecule has 0 aliphatic carbocycles. The van der Waals surface area contributed by atoms with Gasteiger partial charge in [0.25, 0.3) is 11.6 Å². The summed E-state index contributed by atoms with van der Waals surface area (Å²) in [6.07, 6.45) is 0. The molecule has 0 spiro atoms. The molecule has 8 nitrogen and oxygen atoms in total. The topological polar surface area (TPSA) is 113 Å². The van der Waals surface area contributed by atoms with Crippen molar-refractivity contribution in [1.82, 2.24) is 10.6 Å². The molecule has 0 saturated heterocycles. The van der Waals surface area contributed by atoms with Gasteiger partial charge in [0, 0.05) is 22.5 Å². The zero-order valence-electron chi connectivity index (χ0n) is 15.4. The van der Waals surface area contributed by atoms with Crippen molar-refractivity contribution in [2.75, 3.05) is 5.32 Å². The Hall–Kier alpha value is -3.10. The lowest BCUT2D eigenvalue weighted by Crippen LogP contribution is -2.46. The third-order valence-corrected chi connectivity index (χ3v) is 5.02. The van der Waals surface area contributed by atoms with Crippen molar-refractivity contribution in [1.29, 1.82) is 0 Å². The molecule has 0 fully saturated rings. The zero-order chi connectivity index (χ0) is 21.3. The molecule has 2 aromatic carbocycles. The lowest BCUT2D eigenvalue weighted by Gasteiger charge is -2.28. The summed E-state index contributed by atoms with van der Waals surface area (Å²) in [5, 5.41) is 19.6. The second-order valence-electron chi connectivity index (χ2n) is 6.45. The molecular weight excluding hydrogens is 419 g/mol. The van der Waals surface area contributed by atoms with Crippen molar-refractivity contribution >= 4 is 46.5 Å². The molecule has 29 heavy (non-hydrogen) atoms. The van der Waals surface area contributed by atoms with Crippen LogP contribution < -0.4 is 16.0 Å². The van der Waals surface area contributed by atoms with Gasteiger partial charge in [0.05, 0.1) is 16.5 Å². The molecule has 0 bridgehead atoms. The van der Waals surface area contributed by atoms with Gasteiger partial charge in [-0.3, -0.25) is 14.9 Å². The first kappa shape index (κ1) is 20.6. The molecule has 3 amide bonds. The summed E-state index contributed by atoms with van der Waals surface area (Å²) < 4.78 is 0. The molecule has 1 aliphatic heterocycles. The molecule has 0 aromatic heterocycles. The summed E-state index contributed by atoms with van der Waals surface area (Å²) in [5.41, 5.74) is 1.88. The van der Waals surface area contributed by atoms with Crippen LogP contribution in [0.15, 0.2) is 47.7 Å². The van der Waals surface area contributed by atoms with Crippen LogP contribution in [0.2, 0.25) is 10.0 Å². The van der Waals surface area contributed by atoms with E-state index < -0.39 is 22.9 Å². The Bertz CT molecular complexity index is 1070. The molecule has 2 aromatic rings. The lowest BCUT2D eigenvalue weighted by atomic mass is 9.94. The minimum Gasteiger partial charge on any atom is -0.327 e. The van der Waals surface area contributed by atoms with Crippen molar-refractivity contribution in [2.24, 2.45) is 0 Å². The van der Waals surface area contributed by atoms with Crippen LogP contribution in [-0.4, -0.2) is 16.9 Å². The summed E-state index contributed by atoms with van der Waals surface area (Å²) >= 11 is 11.9. The standard InChI is InChI=1S/C19H16Cl2N4O4/c1-9-3-5-12(20)8-14(9)23-18(26)16-10(2)22-19(27)24-17(16)11-4-6-13(21)15(7-11)25(28)29/h3-8,17H,1-2H3,(H,23,26)(H2,22,24,27)/t17-/m0/s1. The molecule has 150 valence electrons. The fraction of sp³-hybridized carbons (Fsp3) is 0.158. The largest absolute Gasteiger partial charge is 0.327 e. The Balaban J connectivity index is 2.02. The average Bonchev–Trinajstić information content (AvgIpc) is 2.64. The van der Waals surface area contributed by atoms with E-state index in [1.807, 2.05) is 6.92 Å². The number of hydrogen-bond donors (Lipinski definition) is 3. The number of hydrogen-bond acceptors (Lipinski definition) is 4. The fourth-order valence-corrected chi connectivity index (χ4v) is 3.37. The van der Waals surface area contributed by atoms with Crippen molar-refractivity contribution in [3.05, 3.63) is 79.0 Å². The molecule has 1 atom stereocenters. The molecule has 10 heteroatoms. The molecule has 1 aliphatic rings. The summed E-state index contributed by atoms with van der Waals surface area (Å²) in [4.78, 5) is 35.7. The van der Waals surface area contributed by atoms with Crippen molar-refractivity contribution in [3.8, 4) is 0 Å². The molecule has 3 N–H and O–H groups in total. The Morgan fingerprint density at radius 2 is 1.90 bits per heavy atom. The molecular formula is C19H16Cl2N4O4. The number of anilines is 1. The number of halogens is 2. The zero-order valence-corrected chi connectivity index (χ0v) is 16.9. The molecule has 0 radical (unpaired) electrons. The quantitative estimate of drug-likeness (QED) is 0.486. The number of carbonyl (C=O) groups excluding carboxylic acids is 2. The number of nitro benzene ring substituents is 1. The van der Waals surface area contributed by atoms with Crippen LogP contribution in [0, 0.1) is 17.0 Å². The van der Waals surface area contributed by atoms with Gasteiger partial charge in [0.15, 0.2) is 0 Å². The van der Waals surface area contributed by atoms with E-state index in [0.29, 0.717) is 22.0 Å². The van der Waals surface area contributed by atoms with Gasteiger partial charge in [-0.25, -0.2) is 4.79 Å². The Kier molecular flexibility index (Phi) is 5.76. The van der Waals surface area contributed by atoms with Crippen LogP contribution >= 0.6 is 23.2 Å². The van der Waals surface area contributed by atoms with E-state index in [1.54, 1.807) is 25.1 Å². The number of nitro groups is 1. The summed E-state index contributed by atoms with van der Waals surface area (Å²) in [6, 6.07) is 7.77. The van der Waals surface area contributed by atoms with Gasteiger partial charge < -0.3 is 16.0 Å². The highest BCUT2D eigenvalue weighted by molar-refractivity contribution is 6.32. The maximum absolute atomic E-state index is 13.1. The van der Waals surface area contributed by atoms with Crippen molar-refractivity contribution in [3.63, 3.8) is 0 Å². The Morgan fingerprint density at radius 1 is 1.17 bits per heavy atom. The first-order valence-corrected chi connectivity index (χ1v) is 9.22. The number of rotatable bonds is 4. The van der Waals surface area contributed by atoms with E-state index >= 15 is 0 Å². The summed E-state index contributed by atoms with van der Waals surface area (Å²) in [7, 11) is 0. The second kappa shape index (κ2) is 8.10. The third-order valence-electron chi connectivity index (χ3n) is 4.46. The van der Waals surface area contributed by atoms with E-state index in [2.05, 4.69) is 16.0 Å². The van der Waals surface area contributed by atoms with Crippen LogP contribution in [0.5, 0.6) is 0 Å². The summed E-state index contributed by atoms with van der Waals surface area (Å²) in [5.74, 6) is -0.483. The Morgan fingerprint density at radius 3 is 2.59 bits per heavy atom. The van der Waals surface area contributed by atoms with Crippen molar-refractivity contribution < 1.29 is 14.5 Å². The summed E-state index contributed by atoms with van der Waals surface area (Å²) in [6.45, 7) is 3.39. The highest BCUT2D eigenvalue weighted by Crippen LogP contribution is 2.33. The normalized spacial score (nSPS) is 16.1. The predicted octanol–water partition coefficient (Wildman–Crippen LogP) is 4.48. The second-order valence-corrected chi connectivity index (χ2v) is 7.30. The molecule has 0 saturated carbocycles. The van der Waals surface area contributed by atoms with E-state index in [1.165, 1.54) is 18.2 Å². The third kappa shape index (κ3) is 4.33. The van der Waals surface area contributed by atoms with Crippen LogP contribution in [0.3, 0.4) is 0 Å². The Labute approximate surface area is 176 Å². The van der Waals surface area contributed by atoms with Crippen LogP contribution in [-0.2, 0) is 4.79 Å². The van der Waals surface area contributed by atoms with E-state index in [9.17, 15) is 19.7 Å². The van der Waals surface area contributed by atoms with Gasteiger partial charge in [0.1, 0.15) is 5.02 Å². The number of urea groups is 1. The average molecular weight is 435 g/mol. The maximum atomic E-state index is 13.1. The molecule has 3 rings (SSSR count). The highest BCUT2D eigenvalue weighted by atomic mass is 35.5. The molecule has 1 heterocycles.